The van der Waals surface area contributed by atoms with Crippen LogP contribution in [0.15, 0.2) is 46.9 Å². The average Bonchev–Trinajstić information content (AvgIpc) is 2.34. The van der Waals surface area contributed by atoms with E-state index < -0.39 is 0 Å². The molecule has 2 rings (SSSR count). The second-order valence-corrected chi connectivity index (χ2v) is 5.41. The van der Waals surface area contributed by atoms with Gasteiger partial charge in [-0.05, 0) is 81.0 Å². The van der Waals surface area contributed by atoms with E-state index in [0.29, 0.717) is 11.3 Å². The van der Waals surface area contributed by atoms with Gasteiger partial charge in [0.05, 0.1) is 16.1 Å². The van der Waals surface area contributed by atoms with Crippen LogP contribution in [0.4, 0.5) is 0 Å². The van der Waals surface area contributed by atoms with Crippen LogP contribution in [0.2, 0.25) is 0 Å². The lowest BCUT2D eigenvalue weighted by molar-refractivity contribution is 0.479. The second kappa shape index (κ2) is 5.52. The lowest BCUT2D eigenvalue weighted by atomic mass is 10.2. The molecule has 2 aromatic carbocycles. The Hall–Kier alpha value is -1.06. The SMILES string of the molecule is N#Cc1ccc(Oc2ccc(I)cc2)c(Br)c1. The topological polar surface area (TPSA) is 33.0 Å². The zero-order chi connectivity index (χ0) is 12.3. The molecule has 0 radical (unpaired) electrons. The predicted octanol–water partition coefficient (Wildman–Crippen LogP) is 4.72. The highest BCUT2D eigenvalue weighted by molar-refractivity contribution is 14.1. The minimum absolute atomic E-state index is 0.604. The van der Waals surface area contributed by atoms with Crippen molar-refractivity contribution in [2.75, 3.05) is 0 Å². The molecule has 2 aromatic rings. The van der Waals surface area contributed by atoms with E-state index in [4.69, 9.17) is 10.00 Å². The molecule has 0 aliphatic heterocycles. The molecule has 17 heavy (non-hydrogen) atoms. The molecule has 0 N–H and O–H groups in total. The van der Waals surface area contributed by atoms with Crippen molar-refractivity contribution in [3.63, 3.8) is 0 Å². The van der Waals surface area contributed by atoms with Crippen LogP contribution in [-0.4, -0.2) is 0 Å². The molecular weight excluding hydrogens is 393 g/mol. The predicted molar refractivity (Wildman–Crippen MR) is 78.1 cm³/mol. The van der Waals surface area contributed by atoms with E-state index in [1.165, 1.54) is 0 Å². The molecular formula is C13H7BrINO. The van der Waals surface area contributed by atoms with Crippen LogP contribution in [0.3, 0.4) is 0 Å². The molecule has 0 aromatic heterocycles. The molecule has 0 atom stereocenters. The van der Waals surface area contributed by atoms with Gasteiger partial charge >= 0.3 is 0 Å². The third kappa shape index (κ3) is 3.20. The Balaban J connectivity index is 2.25. The van der Waals surface area contributed by atoms with Gasteiger partial charge in [-0.15, -0.1) is 0 Å². The summed E-state index contributed by atoms with van der Waals surface area (Å²) in [6.45, 7) is 0. The summed E-state index contributed by atoms with van der Waals surface area (Å²) in [6.07, 6.45) is 0. The van der Waals surface area contributed by atoms with Gasteiger partial charge in [-0.3, -0.25) is 0 Å². The molecule has 0 aliphatic rings. The number of benzene rings is 2. The summed E-state index contributed by atoms with van der Waals surface area (Å²) in [7, 11) is 0. The van der Waals surface area contributed by atoms with Crippen molar-refractivity contribution in [3.05, 3.63) is 56.1 Å². The maximum absolute atomic E-state index is 8.76. The molecule has 0 heterocycles. The van der Waals surface area contributed by atoms with Crippen LogP contribution < -0.4 is 4.74 Å². The fourth-order valence-electron chi connectivity index (χ4n) is 1.28. The number of nitriles is 1. The molecule has 0 saturated carbocycles. The largest absolute Gasteiger partial charge is 0.456 e. The Morgan fingerprint density at radius 1 is 1.12 bits per heavy atom. The van der Waals surface area contributed by atoms with Crippen molar-refractivity contribution in [1.82, 2.24) is 0 Å². The highest BCUT2D eigenvalue weighted by atomic mass is 127. The Labute approximate surface area is 121 Å². The van der Waals surface area contributed by atoms with Gasteiger partial charge < -0.3 is 4.74 Å². The minimum atomic E-state index is 0.604. The van der Waals surface area contributed by atoms with Crippen LogP contribution in [0.5, 0.6) is 11.5 Å². The molecule has 84 valence electrons. The quantitative estimate of drug-likeness (QED) is 0.684. The van der Waals surface area contributed by atoms with Crippen LogP contribution >= 0.6 is 38.5 Å². The molecule has 0 saturated heterocycles. The maximum atomic E-state index is 8.76. The van der Waals surface area contributed by atoms with Gasteiger partial charge in [0.1, 0.15) is 11.5 Å². The first-order valence-corrected chi connectivity index (χ1v) is 6.69. The third-order valence-corrected chi connectivity index (χ3v) is 3.44. The summed E-state index contributed by atoms with van der Waals surface area (Å²) in [5.74, 6) is 1.47. The molecule has 0 aliphatic carbocycles. The molecule has 4 heteroatoms. The molecule has 0 spiro atoms. The number of nitrogens with zero attached hydrogens (tertiary/aromatic N) is 1. The fourth-order valence-corrected chi connectivity index (χ4v) is 2.10. The first kappa shape index (κ1) is 12.4. The normalized spacial score (nSPS) is 9.71. The van der Waals surface area contributed by atoms with E-state index in [-0.39, 0.29) is 0 Å². The minimum Gasteiger partial charge on any atom is -0.456 e. The van der Waals surface area contributed by atoms with Gasteiger partial charge in [-0.25, -0.2) is 0 Å². The fraction of sp³-hybridized carbons (Fsp3) is 0. The summed E-state index contributed by atoms with van der Waals surface area (Å²) in [5, 5.41) is 8.76. The van der Waals surface area contributed by atoms with E-state index in [0.717, 1.165) is 13.8 Å². The smallest absolute Gasteiger partial charge is 0.141 e. The van der Waals surface area contributed by atoms with Gasteiger partial charge in [0.25, 0.3) is 0 Å². The van der Waals surface area contributed by atoms with Crippen LogP contribution in [0, 0.1) is 14.9 Å². The summed E-state index contributed by atoms with van der Waals surface area (Å²) in [6, 6.07) is 15.1. The summed E-state index contributed by atoms with van der Waals surface area (Å²) in [5.41, 5.74) is 0.604. The van der Waals surface area contributed by atoms with Crippen molar-refractivity contribution in [2.24, 2.45) is 0 Å². The van der Waals surface area contributed by atoms with Crippen LogP contribution in [0.25, 0.3) is 0 Å². The average molecular weight is 400 g/mol. The zero-order valence-electron chi connectivity index (χ0n) is 8.65. The van der Waals surface area contributed by atoms with Crippen LogP contribution in [-0.2, 0) is 0 Å². The summed E-state index contributed by atoms with van der Waals surface area (Å²) >= 11 is 5.62. The Kier molecular flexibility index (Phi) is 4.02. The highest BCUT2D eigenvalue weighted by Gasteiger charge is 2.03. The monoisotopic (exact) mass is 399 g/mol. The number of rotatable bonds is 2. The summed E-state index contributed by atoms with van der Waals surface area (Å²) < 4.78 is 7.64. The number of hydrogen-bond acceptors (Lipinski definition) is 2. The van der Waals surface area contributed by atoms with Crippen molar-refractivity contribution in [2.45, 2.75) is 0 Å². The lowest BCUT2D eigenvalue weighted by Gasteiger charge is -2.07. The van der Waals surface area contributed by atoms with E-state index in [1.807, 2.05) is 24.3 Å². The Bertz CT molecular complexity index is 575. The van der Waals surface area contributed by atoms with Gasteiger partial charge in [-0.1, -0.05) is 0 Å². The van der Waals surface area contributed by atoms with Crippen LogP contribution in [0.1, 0.15) is 5.56 Å². The van der Waals surface area contributed by atoms with Gasteiger partial charge in [-0.2, -0.15) is 5.26 Å². The van der Waals surface area contributed by atoms with E-state index in [2.05, 4.69) is 44.6 Å². The van der Waals surface area contributed by atoms with E-state index >= 15 is 0 Å². The van der Waals surface area contributed by atoms with Gasteiger partial charge in [0, 0.05) is 3.57 Å². The molecule has 0 amide bonds. The van der Waals surface area contributed by atoms with Crippen molar-refractivity contribution >= 4 is 38.5 Å². The summed E-state index contributed by atoms with van der Waals surface area (Å²) in [4.78, 5) is 0. The Morgan fingerprint density at radius 3 is 2.41 bits per heavy atom. The number of hydrogen-bond donors (Lipinski definition) is 0. The Morgan fingerprint density at radius 2 is 1.82 bits per heavy atom. The molecule has 0 fully saturated rings. The van der Waals surface area contributed by atoms with Crippen molar-refractivity contribution < 1.29 is 4.74 Å². The first-order valence-electron chi connectivity index (χ1n) is 4.82. The van der Waals surface area contributed by atoms with Gasteiger partial charge in [0.2, 0.25) is 0 Å². The van der Waals surface area contributed by atoms with E-state index in [1.54, 1.807) is 18.2 Å². The molecule has 0 unspecified atom stereocenters. The zero-order valence-corrected chi connectivity index (χ0v) is 12.4. The number of halogens is 2. The van der Waals surface area contributed by atoms with E-state index in [9.17, 15) is 0 Å². The lowest BCUT2D eigenvalue weighted by Crippen LogP contribution is -1.86. The third-order valence-electron chi connectivity index (χ3n) is 2.10. The second-order valence-electron chi connectivity index (χ2n) is 3.31. The van der Waals surface area contributed by atoms with Crippen molar-refractivity contribution in [1.29, 1.82) is 5.26 Å². The first-order chi connectivity index (χ1) is 8.19. The maximum Gasteiger partial charge on any atom is 0.141 e. The molecule has 2 nitrogen and oxygen atoms in total. The van der Waals surface area contributed by atoms with Gasteiger partial charge in [0.15, 0.2) is 0 Å². The highest BCUT2D eigenvalue weighted by Crippen LogP contribution is 2.30. The van der Waals surface area contributed by atoms with Crippen molar-refractivity contribution in [3.8, 4) is 17.6 Å². The number of ether oxygens (including phenoxy) is 1. The standard InChI is InChI=1S/C13H7BrINO/c14-12-7-9(8-16)1-6-13(12)17-11-4-2-10(15)3-5-11/h1-7H. The molecule has 0 bridgehead atoms.